The maximum Gasteiger partial charge on any atom is 0.393 e. The van der Waals surface area contributed by atoms with Crippen LogP contribution >= 0.6 is 0 Å². The third-order valence-electron chi connectivity index (χ3n) is 8.19. The van der Waals surface area contributed by atoms with Crippen LogP contribution < -0.4 is 10.6 Å². The van der Waals surface area contributed by atoms with Crippen molar-refractivity contribution in [2.24, 2.45) is 17.6 Å². The number of nitrogens with two attached hydrogens (primary N) is 1. The summed E-state index contributed by atoms with van der Waals surface area (Å²) in [5.74, 6) is -7.24. The quantitative estimate of drug-likeness (QED) is 0.349. The zero-order valence-corrected chi connectivity index (χ0v) is 22.0. The first-order valence-electron chi connectivity index (χ1n) is 12.8. The van der Waals surface area contributed by atoms with Crippen LogP contribution in [-0.4, -0.2) is 63.8 Å². The van der Waals surface area contributed by atoms with Crippen molar-refractivity contribution in [1.82, 2.24) is 0 Å². The summed E-state index contributed by atoms with van der Waals surface area (Å²) in [6.07, 6.45) is -5.82. The fourth-order valence-electron chi connectivity index (χ4n) is 6.32. The van der Waals surface area contributed by atoms with Crippen LogP contribution in [0.2, 0.25) is 0 Å². The van der Waals surface area contributed by atoms with Gasteiger partial charge in [0.1, 0.15) is 22.8 Å². The summed E-state index contributed by atoms with van der Waals surface area (Å²) in [6.45, 7) is 0. The van der Waals surface area contributed by atoms with E-state index in [0.29, 0.717) is 16.8 Å². The summed E-state index contributed by atoms with van der Waals surface area (Å²) in [6, 6.07) is 7.00. The summed E-state index contributed by atoms with van der Waals surface area (Å²) in [5, 5.41) is 45.0. The van der Waals surface area contributed by atoms with Crippen LogP contribution in [0.15, 0.2) is 47.2 Å². The number of rotatable bonds is 4. The van der Waals surface area contributed by atoms with Gasteiger partial charge in [-0.2, -0.15) is 13.2 Å². The standard InChI is InChI=1S/C29H27F3N2O7/c1-34(2)18-10-16(13-5-3-12(4-6-13)11-28(30,31)32)23(36)21-17(18)8-14-7-15-9-19(35)22(27(33)40)26(39)29(15,41)25(38)20(14)24(21)37/h3-6,10,14-15,36-37,39,41H,7-9,11H2,1-2H3,(H2,33,40)/t14-,15+,29+/m1/s1. The molecule has 5 rings (SSSR count). The predicted octanol–water partition coefficient (Wildman–Crippen LogP) is 3.26. The van der Waals surface area contributed by atoms with Gasteiger partial charge in [-0.25, -0.2) is 0 Å². The molecule has 41 heavy (non-hydrogen) atoms. The van der Waals surface area contributed by atoms with E-state index in [1.807, 2.05) is 0 Å². The van der Waals surface area contributed by atoms with Gasteiger partial charge in [-0.15, -0.1) is 0 Å². The monoisotopic (exact) mass is 572 g/mol. The highest BCUT2D eigenvalue weighted by Gasteiger charge is 2.60. The van der Waals surface area contributed by atoms with Crippen molar-refractivity contribution in [3.8, 4) is 16.9 Å². The Morgan fingerprint density at radius 1 is 1.10 bits per heavy atom. The molecule has 0 bridgehead atoms. The molecular weight excluding hydrogens is 545 g/mol. The molecule has 0 aliphatic heterocycles. The number of amides is 1. The molecule has 0 heterocycles. The maximum absolute atomic E-state index is 13.7. The molecule has 12 heteroatoms. The molecule has 0 aromatic heterocycles. The first-order valence-corrected chi connectivity index (χ1v) is 12.8. The van der Waals surface area contributed by atoms with Crippen molar-refractivity contribution >= 4 is 28.9 Å². The average Bonchev–Trinajstić information content (AvgIpc) is 2.85. The number of phenols is 1. The van der Waals surface area contributed by atoms with Gasteiger partial charge >= 0.3 is 6.18 Å². The number of halogens is 3. The number of hydrogen-bond donors (Lipinski definition) is 5. The molecule has 3 atom stereocenters. The fourth-order valence-corrected chi connectivity index (χ4v) is 6.32. The minimum atomic E-state index is -4.40. The van der Waals surface area contributed by atoms with Crippen LogP contribution in [0.25, 0.3) is 16.9 Å². The highest BCUT2D eigenvalue weighted by molar-refractivity contribution is 6.22. The van der Waals surface area contributed by atoms with E-state index in [0.717, 1.165) is 0 Å². The second-order valence-electron chi connectivity index (χ2n) is 10.9. The Labute approximate surface area is 232 Å². The van der Waals surface area contributed by atoms with E-state index in [9.17, 15) is 48.0 Å². The second-order valence-corrected chi connectivity index (χ2v) is 10.9. The normalized spacial score (nSPS) is 24.1. The molecule has 9 nitrogen and oxygen atoms in total. The summed E-state index contributed by atoms with van der Waals surface area (Å²) in [5.41, 5.74) is 2.88. The van der Waals surface area contributed by atoms with E-state index in [2.05, 4.69) is 0 Å². The SMILES string of the molecule is CN(C)c1cc(-c2ccc(CC(F)(F)F)cc2)c(O)c2c1C[C@H]1C[C@H]3CC(=O)C(C(N)=O)=C(O)[C@@]3(O)C(=O)C1=C2O. The molecule has 2 aromatic rings. The Morgan fingerprint density at radius 3 is 2.29 bits per heavy atom. The number of aliphatic hydroxyl groups excluding tert-OH is 2. The Balaban J connectivity index is 1.68. The minimum Gasteiger partial charge on any atom is -0.508 e. The third kappa shape index (κ3) is 4.33. The van der Waals surface area contributed by atoms with Crippen molar-refractivity contribution in [2.75, 3.05) is 19.0 Å². The summed E-state index contributed by atoms with van der Waals surface area (Å²) in [4.78, 5) is 39.8. The summed E-state index contributed by atoms with van der Waals surface area (Å²) in [7, 11) is 3.44. The lowest BCUT2D eigenvalue weighted by Crippen LogP contribution is -2.58. The van der Waals surface area contributed by atoms with Crippen LogP contribution in [0.5, 0.6) is 5.75 Å². The average molecular weight is 573 g/mol. The summed E-state index contributed by atoms with van der Waals surface area (Å²) < 4.78 is 38.5. The number of aromatic hydroxyl groups is 1. The van der Waals surface area contributed by atoms with Crippen molar-refractivity contribution in [3.05, 3.63) is 63.9 Å². The number of anilines is 1. The van der Waals surface area contributed by atoms with Gasteiger partial charge in [-0.1, -0.05) is 24.3 Å². The molecular formula is C29H27F3N2O7. The minimum absolute atomic E-state index is 0.00103. The topological polar surface area (TPSA) is 161 Å². The fraction of sp³-hybridized carbons (Fsp3) is 0.345. The van der Waals surface area contributed by atoms with E-state index in [1.54, 1.807) is 25.1 Å². The van der Waals surface area contributed by atoms with E-state index >= 15 is 0 Å². The van der Waals surface area contributed by atoms with Gasteiger partial charge in [0, 0.05) is 43.3 Å². The molecule has 0 saturated heterocycles. The largest absolute Gasteiger partial charge is 0.508 e. The molecule has 1 amide bonds. The smallest absolute Gasteiger partial charge is 0.393 e. The zero-order valence-electron chi connectivity index (χ0n) is 22.0. The number of carbonyl (C=O) groups excluding carboxylic acids is 3. The van der Waals surface area contributed by atoms with Gasteiger partial charge in [0.2, 0.25) is 5.78 Å². The van der Waals surface area contributed by atoms with Crippen molar-refractivity contribution in [1.29, 1.82) is 0 Å². The van der Waals surface area contributed by atoms with E-state index in [1.165, 1.54) is 24.3 Å². The lowest BCUT2D eigenvalue weighted by Gasteiger charge is -2.46. The van der Waals surface area contributed by atoms with Crippen molar-refractivity contribution in [3.63, 3.8) is 0 Å². The Morgan fingerprint density at radius 2 is 1.73 bits per heavy atom. The second kappa shape index (κ2) is 9.37. The molecule has 1 fully saturated rings. The number of primary amides is 1. The lowest BCUT2D eigenvalue weighted by molar-refractivity contribution is -0.147. The molecule has 3 aliphatic carbocycles. The van der Waals surface area contributed by atoms with Crippen LogP contribution in [-0.2, 0) is 27.2 Å². The molecule has 3 aliphatic rings. The van der Waals surface area contributed by atoms with Crippen LogP contribution in [0.4, 0.5) is 18.9 Å². The predicted molar refractivity (Wildman–Crippen MR) is 141 cm³/mol. The Hall–Kier alpha value is -4.32. The Kier molecular flexibility index (Phi) is 6.45. The number of ketones is 2. The van der Waals surface area contributed by atoms with Gasteiger partial charge in [0.25, 0.3) is 5.91 Å². The van der Waals surface area contributed by atoms with Gasteiger partial charge in [-0.05, 0) is 41.5 Å². The molecule has 0 unspecified atom stereocenters. The van der Waals surface area contributed by atoms with Crippen molar-refractivity contribution < 1.29 is 48.0 Å². The number of hydrogen-bond acceptors (Lipinski definition) is 8. The van der Waals surface area contributed by atoms with Crippen LogP contribution in [0, 0.1) is 11.8 Å². The van der Waals surface area contributed by atoms with Gasteiger partial charge in [0.05, 0.1) is 12.0 Å². The number of aliphatic hydroxyl groups is 3. The van der Waals surface area contributed by atoms with E-state index in [-0.39, 0.29) is 35.1 Å². The highest BCUT2D eigenvalue weighted by Crippen LogP contribution is 2.54. The maximum atomic E-state index is 13.7. The van der Waals surface area contributed by atoms with Crippen LogP contribution in [0.3, 0.4) is 0 Å². The first kappa shape index (κ1) is 28.2. The van der Waals surface area contributed by atoms with Crippen molar-refractivity contribution in [2.45, 2.75) is 37.5 Å². The van der Waals surface area contributed by atoms with Gasteiger partial charge in [0.15, 0.2) is 11.4 Å². The number of fused-ring (bicyclic) bond motifs is 3. The molecule has 216 valence electrons. The molecule has 1 saturated carbocycles. The molecule has 0 radical (unpaired) electrons. The van der Waals surface area contributed by atoms with E-state index < -0.39 is 76.8 Å². The first-order chi connectivity index (χ1) is 19.1. The highest BCUT2D eigenvalue weighted by atomic mass is 19.4. The number of carbonyl (C=O) groups is 3. The number of benzene rings is 2. The lowest BCUT2D eigenvalue weighted by atomic mass is 9.59. The van der Waals surface area contributed by atoms with Crippen LogP contribution in [0.1, 0.15) is 29.5 Å². The Bertz CT molecular complexity index is 1570. The zero-order chi connectivity index (χ0) is 30.2. The number of nitrogens with zero attached hydrogens (tertiary/aromatic N) is 1. The number of phenolic OH excluding ortho intramolecular Hbond substituents is 1. The van der Waals surface area contributed by atoms with Gasteiger partial charge < -0.3 is 31.1 Å². The molecule has 6 N–H and O–H groups in total. The molecule has 2 aromatic carbocycles. The number of Topliss-reactive ketones (excluding diaryl/α,β-unsaturated/α-hetero) is 2. The van der Waals surface area contributed by atoms with E-state index in [4.69, 9.17) is 5.73 Å². The number of alkyl halides is 3. The molecule has 0 spiro atoms. The summed E-state index contributed by atoms with van der Waals surface area (Å²) >= 11 is 0. The van der Waals surface area contributed by atoms with Gasteiger partial charge in [-0.3, -0.25) is 14.4 Å². The third-order valence-corrected chi connectivity index (χ3v) is 8.19.